The summed E-state index contributed by atoms with van der Waals surface area (Å²) in [5, 5.41) is 5.75. The van der Waals surface area contributed by atoms with Crippen molar-refractivity contribution in [3.05, 3.63) is 23.2 Å². The van der Waals surface area contributed by atoms with Crippen molar-refractivity contribution in [1.29, 1.82) is 0 Å². The standard InChI is InChI=1S/C23H29N7O4S2/c1-33-22-18(28-36(2,31)32)7-14(9-25-22)19-21-20(27-23(26-19)29-3-5-34-6-4-29)15(13-35-21)11-30-12-16-8-17(30)10-24-16/h7,9,13,16-17,24,28H,3-6,8,10-12H2,1-2H3. The van der Waals surface area contributed by atoms with Gasteiger partial charge in [0.2, 0.25) is 21.9 Å². The van der Waals surface area contributed by atoms with Crippen molar-refractivity contribution in [3.63, 3.8) is 0 Å². The Bertz CT molecular complexity index is 1390. The molecule has 0 spiro atoms. The van der Waals surface area contributed by atoms with Gasteiger partial charge in [0, 0.05) is 62.1 Å². The van der Waals surface area contributed by atoms with E-state index in [1.165, 1.54) is 19.1 Å². The molecule has 3 aromatic heterocycles. The van der Waals surface area contributed by atoms with Crippen LogP contribution >= 0.6 is 11.3 Å². The Balaban J connectivity index is 1.45. The molecule has 6 heterocycles. The highest BCUT2D eigenvalue weighted by molar-refractivity contribution is 7.92. The average molecular weight is 532 g/mol. The first-order chi connectivity index (χ1) is 17.4. The number of hydrogen-bond donors (Lipinski definition) is 2. The number of methoxy groups -OCH3 is 1. The minimum Gasteiger partial charge on any atom is -0.480 e. The Morgan fingerprint density at radius 2 is 2.14 bits per heavy atom. The molecule has 11 nitrogen and oxygen atoms in total. The van der Waals surface area contributed by atoms with Crippen LogP contribution in [0, 0.1) is 0 Å². The quantitative estimate of drug-likeness (QED) is 0.464. The largest absolute Gasteiger partial charge is 0.480 e. The highest BCUT2D eigenvalue weighted by atomic mass is 32.2. The van der Waals surface area contributed by atoms with E-state index in [1.807, 2.05) is 0 Å². The molecule has 3 saturated heterocycles. The summed E-state index contributed by atoms with van der Waals surface area (Å²) in [6.45, 7) is 5.64. The maximum atomic E-state index is 12.0. The van der Waals surface area contributed by atoms with Crippen molar-refractivity contribution in [2.45, 2.75) is 25.0 Å². The molecule has 2 atom stereocenters. The summed E-state index contributed by atoms with van der Waals surface area (Å²) in [6.07, 6.45) is 3.97. The Morgan fingerprint density at radius 3 is 2.83 bits per heavy atom. The van der Waals surface area contributed by atoms with E-state index in [0.29, 0.717) is 49.9 Å². The highest BCUT2D eigenvalue weighted by Crippen LogP contribution is 2.38. The normalized spacial score (nSPS) is 22.4. The number of nitrogens with zero attached hydrogens (tertiary/aromatic N) is 5. The van der Waals surface area contributed by atoms with Gasteiger partial charge in [-0.25, -0.2) is 23.4 Å². The number of piperazine rings is 1. The van der Waals surface area contributed by atoms with E-state index in [0.717, 1.165) is 41.8 Å². The number of anilines is 2. The van der Waals surface area contributed by atoms with Crippen molar-refractivity contribution in [2.75, 3.05) is 62.4 Å². The lowest BCUT2D eigenvalue weighted by Gasteiger charge is -2.28. The van der Waals surface area contributed by atoms with E-state index >= 15 is 0 Å². The topological polar surface area (TPSA) is 122 Å². The van der Waals surface area contributed by atoms with Crippen LogP contribution in [0.15, 0.2) is 17.6 Å². The van der Waals surface area contributed by atoms with Gasteiger partial charge in [-0.1, -0.05) is 0 Å². The molecule has 3 aliphatic rings. The smallest absolute Gasteiger partial charge is 0.238 e. The SMILES string of the molecule is COc1ncc(-c2nc(N3CCOCC3)nc3c(CN4CC5CC4CN5)csc23)cc1NS(C)(=O)=O. The fourth-order valence-corrected chi connectivity index (χ4v) is 6.80. The number of rotatable bonds is 7. The summed E-state index contributed by atoms with van der Waals surface area (Å²) in [7, 11) is -2.06. The number of thiophene rings is 1. The molecule has 6 rings (SSSR count). The van der Waals surface area contributed by atoms with E-state index in [2.05, 4.69) is 30.2 Å². The lowest BCUT2D eigenvalue weighted by Crippen LogP contribution is -2.42. The first kappa shape index (κ1) is 23.8. The zero-order chi connectivity index (χ0) is 24.9. The van der Waals surface area contributed by atoms with E-state index in [-0.39, 0.29) is 11.6 Å². The van der Waals surface area contributed by atoms with E-state index in [1.54, 1.807) is 23.6 Å². The summed E-state index contributed by atoms with van der Waals surface area (Å²) < 4.78 is 38.2. The van der Waals surface area contributed by atoms with Gasteiger partial charge in [0.05, 0.1) is 42.5 Å². The molecule has 0 aromatic carbocycles. The number of pyridine rings is 1. The van der Waals surface area contributed by atoms with Gasteiger partial charge in [-0.15, -0.1) is 11.3 Å². The van der Waals surface area contributed by atoms with Crippen LogP contribution in [0.2, 0.25) is 0 Å². The van der Waals surface area contributed by atoms with Crippen LogP contribution in [0.5, 0.6) is 5.88 Å². The van der Waals surface area contributed by atoms with Crippen molar-refractivity contribution in [1.82, 2.24) is 25.2 Å². The van der Waals surface area contributed by atoms with Crippen molar-refractivity contribution in [3.8, 4) is 17.1 Å². The Kier molecular flexibility index (Phi) is 6.20. The fraction of sp³-hybridized carbons (Fsp3) is 0.522. The molecule has 2 bridgehead atoms. The van der Waals surface area contributed by atoms with Crippen LogP contribution in [0.3, 0.4) is 0 Å². The number of sulfonamides is 1. The van der Waals surface area contributed by atoms with Crippen LogP contribution in [0.4, 0.5) is 11.6 Å². The molecule has 0 amide bonds. The van der Waals surface area contributed by atoms with Crippen LogP contribution in [-0.2, 0) is 21.3 Å². The first-order valence-electron chi connectivity index (χ1n) is 12.0. The maximum Gasteiger partial charge on any atom is 0.238 e. The molecular formula is C23H29N7O4S2. The molecule has 2 unspecified atom stereocenters. The van der Waals surface area contributed by atoms with Gasteiger partial charge in [0.15, 0.2) is 0 Å². The second-order valence-corrected chi connectivity index (χ2v) is 12.1. The third-order valence-corrected chi connectivity index (χ3v) is 8.54. The van der Waals surface area contributed by atoms with Crippen LogP contribution in [0.1, 0.15) is 12.0 Å². The minimum atomic E-state index is -3.52. The lowest BCUT2D eigenvalue weighted by molar-refractivity contribution is 0.122. The fourth-order valence-electron chi connectivity index (χ4n) is 5.24. The van der Waals surface area contributed by atoms with Gasteiger partial charge in [-0.3, -0.25) is 9.62 Å². The summed E-state index contributed by atoms with van der Waals surface area (Å²) in [6, 6.07) is 2.88. The molecule has 0 aliphatic carbocycles. The maximum absolute atomic E-state index is 12.0. The first-order valence-corrected chi connectivity index (χ1v) is 14.8. The molecule has 3 aliphatic heterocycles. The Hall–Kier alpha value is -2.58. The molecule has 2 N–H and O–H groups in total. The second kappa shape index (κ2) is 9.38. The molecule has 192 valence electrons. The Morgan fingerprint density at radius 1 is 1.31 bits per heavy atom. The molecule has 3 aromatic rings. The van der Waals surface area contributed by atoms with Gasteiger partial charge in [0.25, 0.3) is 0 Å². The summed E-state index contributed by atoms with van der Waals surface area (Å²) >= 11 is 1.61. The van der Waals surface area contributed by atoms with E-state index in [4.69, 9.17) is 19.4 Å². The van der Waals surface area contributed by atoms with Crippen molar-refractivity contribution < 1.29 is 17.9 Å². The number of nitrogens with one attached hydrogen (secondary N) is 2. The number of aromatic nitrogens is 3. The zero-order valence-corrected chi connectivity index (χ0v) is 21.9. The van der Waals surface area contributed by atoms with Gasteiger partial charge in [-0.2, -0.15) is 0 Å². The zero-order valence-electron chi connectivity index (χ0n) is 20.2. The number of morpholine rings is 1. The highest BCUT2D eigenvalue weighted by Gasteiger charge is 2.37. The third kappa shape index (κ3) is 4.61. The molecule has 13 heteroatoms. The van der Waals surface area contributed by atoms with Crippen LogP contribution < -0.4 is 19.7 Å². The van der Waals surface area contributed by atoms with Crippen molar-refractivity contribution >= 4 is 43.2 Å². The average Bonchev–Trinajstić information content (AvgIpc) is 3.60. The summed E-state index contributed by atoms with van der Waals surface area (Å²) in [5.74, 6) is 0.853. The lowest BCUT2D eigenvalue weighted by atomic mass is 10.1. The number of fused-ring (bicyclic) bond motifs is 3. The minimum absolute atomic E-state index is 0.201. The van der Waals surface area contributed by atoms with Crippen LogP contribution in [0.25, 0.3) is 21.5 Å². The van der Waals surface area contributed by atoms with Crippen molar-refractivity contribution in [2.24, 2.45) is 0 Å². The summed E-state index contributed by atoms with van der Waals surface area (Å²) in [4.78, 5) is 19.0. The molecule has 3 fully saturated rings. The van der Waals surface area contributed by atoms with Crippen LogP contribution in [-0.4, -0.2) is 93.1 Å². The third-order valence-electron chi connectivity index (χ3n) is 6.93. The number of ether oxygens (including phenoxy) is 2. The van der Waals surface area contributed by atoms with Gasteiger partial charge >= 0.3 is 0 Å². The van der Waals surface area contributed by atoms with Gasteiger partial charge in [0.1, 0.15) is 5.69 Å². The van der Waals surface area contributed by atoms with E-state index in [9.17, 15) is 8.42 Å². The van der Waals surface area contributed by atoms with Gasteiger partial charge in [-0.05, 0) is 17.9 Å². The Labute approximate surface area is 213 Å². The van der Waals surface area contributed by atoms with Gasteiger partial charge < -0.3 is 19.7 Å². The molecule has 0 radical (unpaired) electrons. The second-order valence-electron chi connectivity index (χ2n) is 9.49. The summed E-state index contributed by atoms with van der Waals surface area (Å²) in [5.41, 5.74) is 3.83. The van der Waals surface area contributed by atoms with E-state index < -0.39 is 10.0 Å². The number of hydrogen-bond acceptors (Lipinski definition) is 11. The molecule has 36 heavy (non-hydrogen) atoms. The monoisotopic (exact) mass is 531 g/mol. The predicted molar refractivity (Wildman–Crippen MR) is 139 cm³/mol. The predicted octanol–water partition coefficient (Wildman–Crippen LogP) is 1.52. The molecular weight excluding hydrogens is 502 g/mol. The molecule has 0 saturated carbocycles. The number of likely N-dealkylation sites (tertiary alicyclic amines) is 1.